The van der Waals surface area contributed by atoms with Crippen molar-refractivity contribution in [2.45, 2.75) is 64.6 Å². The predicted octanol–water partition coefficient (Wildman–Crippen LogP) is 4.14. The summed E-state index contributed by atoms with van der Waals surface area (Å²) < 4.78 is 19.9. The second-order valence-corrected chi connectivity index (χ2v) is 7.64. The molecule has 1 aliphatic carbocycles. The van der Waals surface area contributed by atoms with Gasteiger partial charge in [0.1, 0.15) is 17.5 Å². The van der Waals surface area contributed by atoms with Crippen LogP contribution in [-0.4, -0.2) is 35.7 Å². The molecule has 2 rings (SSSR count). The minimum Gasteiger partial charge on any atom is -0.444 e. The zero-order valence-electron chi connectivity index (χ0n) is 16.0. The first-order valence-electron chi connectivity index (χ1n) is 9.18. The molecule has 1 aromatic carbocycles. The second-order valence-electron chi connectivity index (χ2n) is 7.64. The Morgan fingerprint density at radius 2 is 2.15 bits per heavy atom. The lowest BCUT2D eigenvalue weighted by molar-refractivity contribution is 0.0516. The number of rotatable bonds is 7. The molecular weight excluding hydrogens is 333 g/mol. The normalized spacial score (nSPS) is 15.4. The van der Waals surface area contributed by atoms with E-state index in [1.165, 1.54) is 6.07 Å². The van der Waals surface area contributed by atoms with E-state index < -0.39 is 17.5 Å². The van der Waals surface area contributed by atoms with Gasteiger partial charge in [-0.3, -0.25) is 4.90 Å². The van der Waals surface area contributed by atoms with Crippen LogP contribution < -0.4 is 5.32 Å². The van der Waals surface area contributed by atoms with E-state index in [-0.39, 0.29) is 11.6 Å². The highest BCUT2D eigenvalue weighted by atomic mass is 19.1. The summed E-state index contributed by atoms with van der Waals surface area (Å²) in [6.07, 6.45) is 2.43. The van der Waals surface area contributed by atoms with Crippen molar-refractivity contribution < 1.29 is 13.9 Å². The minimum atomic E-state index is -0.535. The van der Waals surface area contributed by atoms with E-state index in [1.54, 1.807) is 12.1 Å². The molecule has 5 nitrogen and oxygen atoms in total. The Kier molecular flexibility index (Phi) is 6.60. The molecule has 0 aromatic heterocycles. The van der Waals surface area contributed by atoms with Crippen molar-refractivity contribution in [3.63, 3.8) is 0 Å². The van der Waals surface area contributed by atoms with Gasteiger partial charge in [-0.1, -0.05) is 19.1 Å². The summed E-state index contributed by atoms with van der Waals surface area (Å²) >= 11 is 0. The van der Waals surface area contributed by atoms with Gasteiger partial charge in [0.15, 0.2) is 0 Å². The van der Waals surface area contributed by atoms with Gasteiger partial charge in [-0.2, -0.15) is 5.26 Å². The van der Waals surface area contributed by atoms with Gasteiger partial charge in [0.25, 0.3) is 0 Å². The number of nitrogens with one attached hydrogen (secondary N) is 1. The zero-order chi connectivity index (χ0) is 19.3. The first-order chi connectivity index (χ1) is 12.3. The van der Waals surface area contributed by atoms with Gasteiger partial charge in [-0.05, 0) is 46.1 Å². The molecular formula is C20H28FN3O2. The molecule has 6 heteroatoms. The summed E-state index contributed by atoms with van der Waals surface area (Å²) in [7, 11) is 0. The van der Waals surface area contributed by atoms with Crippen molar-refractivity contribution >= 4 is 6.09 Å². The minimum absolute atomic E-state index is 0.0728. The number of benzene rings is 1. The Labute approximate surface area is 155 Å². The number of carbonyl (C=O) groups excluding carboxylic acids is 1. The average Bonchev–Trinajstić information content (AvgIpc) is 3.38. The molecule has 0 bridgehead atoms. The summed E-state index contributed by atoms with van der Waals surface area (Å²) in [6.45, 7) is 8.52. The Balaban J connectivity index is 2.06. The largest absolute Gasteiger partial charge is 0.444 e. The van der Waals surface area contributed by atoms with Crippen molar-refractivity contribution in [1.29, 1.82) is 5.26 Å². The Morgan fingerprint density at radius 1 is 1.46 bits per heavy atom. The number of halogens is 1. The van der Waals surface area contributed by atoms with Crippen molar-refractivity contribution in [3.05, 3.63) is 35.1 Å². The standard InChI is InChI=1S/C20H28FN3O2/c1-5-17(16-8-6-7-14(13-22)18(16)21)24(15-9-10-15)12-11-23-19(25)26-20(2,3)4/h6-8,15,17H,5,9-12H2,1-4H3,(H,23,25). The first kappa shape index (κ1) is 20.2. The van der Waals surface area contributed by atoms with Gasteiger partial charge < -0.3 is 10.1 Å². The monoisotopic (exact) mass is 361 g/mol. The smallest absolute Gasteiger partial charge is 0.407 e. The first-order valence-corrected chi connectivity index (χ1v) is 9.18. The fourth-order valence-corrected chi connectivity index (χ4v) is 3.13. The van der Waals surface area contributed by atoms with Crippen LogP contribution in [0.1, 0.15) is 64.1 Å². The fourth-order valence-electron chi connectivity index (χ4n) is 3.13. The molecule has 1 N–H and O–H groups in total. The van der Waals surface area contributed by atoms with E-state index in [4.69, 9.17) is 10.00 Å². The van der Waals surface area contributed by atoms with Crippen LogP contribution in [0.25, 0.3) is 0 Å². The predicted molar refractivity (Wildman–Crippen MR) is 98.1 cm³/mol. The highest BCUT2D eigenvalue weighted by Gasteiger charge is 2.35. The third kappa shape index (κ3) is 5.43. The van der Waals surface area contributed by atoms with Crippen LogP contribution in [-0.2, 0) is 4.74 Å². The van der Waals surface area contributed by atoms with Gasteiger partial charge in [-0.25, -0.2) is 9.18 Å². The third-order valence-electron chi connectivity index (χ3n) is 4.35. The van der Waals surface area contributed by atoms with Gasteiger partial charge in [0, 0.05) is 30.7 Å². The van der Waals surface area contributed by atoms with Crippen LogP contribution in [0.3, 0.4) is 0 Å². The molecule has 142 valence electrons. The quantitative estimate of drug-likeness (QED) is 0.793. The maximum atomic E-state index is 14.7. The number of hydrogen-bond donors (Lipinski definition) is 1. The molecule has 1 fully saturated rings. The summed E-state index contributed by atoms with van der Waals surface area (Å²) in [5, 5.41) is 11.9. The van der Waals surface area contributed by atoms with E-state index >= 15 is 0 Å². The molecule has 1 saturated carbocycles. The molecule has 1 aromatic rings. The summed E-state index contributed by atoms with van der Waals surface area (Å²) in [6, 6.07) is 7.16. The highest BCUT2D eigenvalue weighted by Crippen LogP contribution is 2.37. The second kappa shape index (κ2) is 8.50. The van der Waals surface area contributed by atoms with Crippen molar-refractivity contribution in [3.8, 4) is 6.07 Å². The van der Waals surface area contributed by atoms with Gasteiger partial charge in [0.2, 0.25) is 0 Å². The van der Waals surface area contributed by atoms with Crippen molar-refractivity contribution in [2.75, 3.05) is 13.1 Å². The molecule has 0 saturated heterocycles. The summed E-state index contributed by atoms with van der Waals surface area (Å²) in [5.41, 5.74) is 0.0897. The van der Waals surface area contributed by atoms with Crippen molar-refractivity contribution in [2.24, 2.45) is 0 Å². The number of hydrogen-bond acceptors (Lipinski definition) is 4. The molecule has 0 spiro atoms. The molecule has 1 amide bonds. The van der Waals surface area contributed by atoms with E-state index in [1.807, 2.05) is 33.8 Å². The van der Waals surface area contributed by atoms with Crippen LogP contribution in [0, 0.1) is 17.1 Å². The number of amides is 1. The topological polar surface area (TPSA) is 65.4 Å². The zero-order valence-corrected chi connectivity index (χ0v) is 16.0. The Bertz CT molecular complexity index is 675. The fraction of sp³-hybridized carbons (Fsp3) is 0.600. The van der Waals surface area contributed by atoms with Crippen molar-refractivity contribution in [1.82, 2.24) is 10.2 Å². The van der Waals surface area contributed by atoms with Gasteiger partial charge >= 0.3 is 6.09 Å². The Hall–Kier alpha value is -2.13. The molecule has 0 aliphatic heterocycles. The third-order valence-corrected chi connectivity index (χ3v) is 4.35. The highest BCUT2D eigenvalue weighted by molar-refractivity contribution is 5.67. The van der Waals surface area contributed by atoms with Crippen LogP contribution in [0.15, 0.2) is 18.2 Å². The summed E-state index contributed by atoms with van der Waals surface area (Å²) in [5.74, 6) is -0.437. The molecule has 0 heterocycles. The number of alkyl carbamates (subject to hydrolysis) is 1. The van der Waals surface area contributed by atoms with E-state index in [9.17, 15) is 9.18 Å². The SMILES string of the molecule is CCC(c1cccc(C#N)c1F)N(CCNC(=O)OC(C)(C)C)C1CC1. The molecule has 26 heavy (non-hydrogen) atoms. The lowest BCUT2D eigenvalue weighted by atomic mass is 9.99. The number of nitrogens with zero attached hydrogens (tertiary/aromatic N) is 2. The number of carbonyl (C=O) groups is 1. The van der Waals surface area contributed by atoms with Crippen LogP contribution >= 0.6 is 0 Å². The van der Waals surface area contributed by atoms with Crippen LogP contribution in [0.4, 0.5) is 9.18 Å². The van der Waals surface area contributed by atoms with Gasteiger partial charge in [0.05, 0.1) is 5.56 Å². The molecule has 0 radical (unpaired) electrons. The maximum absolute atomic E-state index is 14.7. The molecule has 1 atom stereocenters. The maximum Gasteiger partial charge on any atom is 0.407 e. The van der Waals surface area contributed by atoms with Crippen LogP contribution in [0.2, 0.25) is 0 Å². The molecule has 1 aliphatic rings. The molecule has 1 unspecified atom stereocenters. The van der Waals surface area contributed by atoms with E-state index in [0.29, 0.717) is 24.7 Å². The Morgan fingerprint density at radius 3 is 2.69 bits per heavy atom. The van der Waals surface area contributed by atoms with E-state index in [2.05, 4.69) is 10.2 Å². The van der Waals surface area contributed by atoms with E-state index in [0.717, 1.165) is 19.3 Å². The number of nitriles is 1. The lowest BCUT2D eigenvalue weighted by Crippen LogP contribution is -2.40. The van der Waals surface area contributed by atoms with Crippen LogP contribution in [0.5, 0.6) is 0 Å². The average molecular weight is 361 g/mol. The van der Waals surface area contributed by atoms with Gasteiger partial charge in [-0.15, -0.1) is 0 Å². The lowest BCUT2D eigenvalue weighted by Gasteiger charge is -2.32. The summed E-state index contributed by atoms with van der Waals surface area (Å²) in [4.78, 5) is 14.1. The number of ether oxygens (including phenoxy) is 1.